The Hall–Kier alpha value is -0.340. The average Bonchev–Trinajstić information content (AvgIpc) is 2.69. The Labute approximate surface area is 124 Å². The van der Waals surface area contributed by atoms with E-state index in [1.165, 1.54) is 6.07 Å². The van der Waals surface area contributed by atoms with Crippen molar-refractivity contribution in [1.29, 1.82) is 0 Å². The van der Waals surface area contributed by atoms with Crippen molar-refractivity contribution in [3.63, 3.8) is 0 Å². The van der Waals surface area contributed by atoms with Gasteiger partial charge >= 0.3 is 5.97 Å². The zero-order valence-electron chi connectivity index (χ0n) is 9.67. The van der Waals surface area contributed by atoms with Gasteiger partial charge in [0, 0.05) is 6.54 Å². The van der Waals surface area contributed by atoms with Crippen LogP contribution in [0.5, 0.6) is 0 Å². The molecule has 0 amide bonds. The van der Waals surface area contributed by atoms with Gasteiger partial charge in [-0.05, 0) is 25.3 Å². The van der Waals surface area contributed by atoms with E-state index in [-0.39, 0.29) is 20.1 Å². The smallest absolute Gasteiger partial charge is 0.322 e. The number of nitrogens with zero attached hydrogens (tertiary/aromatic N) is 1. The van der Waals surface area contributed by atoms with E-state index in [1.807, 2.05) is 0 Å². The number of hydrogen-bond donors (Lipinski definition) is 1. The second kappa shape index (κ2) is 5.57. The first-order valence-electron chi connectivity index (χ1n) is 5.53. The third-order valence-electron chi connectivity index (χ3n) is 2.95. The van der Waals surface area contributed by atoms with E-state index in [0.29, 0.717) is 19.3 Å². The molecule has 0 spiro atoms. The molecule has 9 heteroatoms. The Bertz CT molecular complexity index is 599. The van der Waals surface area contributed by atoms with Crippen LogP contribution < -0.4 is 0 Å². The summed E-state index contributed by atoms with van der Waals surface area (Å²) in [6.45, 7) is 0.184. The normalized spacial score (nSPS) is 21.5. The van der Waals surface area contributed by atoms with Gasteiger partial charge in [-0.15, -0.1) is 11.3 Å². The van der Waals surface area contributed by atoms with Crippen molar-refractivity contribution < 1.29 is 18.3 Å². The zero-order valence-corrected chi connectivity index (χ0v) is 12.8. The Kier molecular flexibility index (Phi) is 4.42. The van der Waals surface area contributed by atoms with Crippen molar-refractivity contribution in [2.45, 2.75) is 30.2 Å². The molecule has 1 aromatic rings. The maximum Gasteiger partial charge on any atom is 0.322 e. The highest BCUT2D eigenvalue weighted by Gasteiger charge is 2.39. The van der Waals surface area contributed by atoms with Crippen LogP contribution in [-0.2, 0) is 14.8 Å². The molecular formula is C10H11Cl2NO4S2. The van der Waals surface area contributed by atoms with Crippen molar-refractivity contribution in [3.05, 3.63) is 14.7 Å². The summed E-state index contributed by atoms with van der Waals surface area (Å²) in [4.78, 5) is 11.1. The van der Waals surface area contributed by atoms with Gasteiger partial charge in [-0.2, -0.15) is 4.31 Å². The summed E-state index contributed by atoms with van der Waals surface area (Å²) in [5.41, 5.74) is 0. The molecule has 106 valence electrons. The summed E-state index contributed by atoms with van der Waals surface area (Å²) in [6, 6.07) is 0.228. The largest absolute Gasteiger partial charge is 0.480 e. The van der Waals surface area contributed by atoms with E-state index in [0.717, 1.165) is 15.6 Å². The van der Waals surface area contributed by atoms with Gasteiger partial charge in [-0.3, -0.25) is 4.79 Å². The summed E-state index contributed by atoms with van der Waals surface area (Å²) < 4.78 is 26.2. The van der Waals surface area contributed by atoms with E-state index < -0.39 is 22.0 Å². The molecule has 1 atom stereocenters. The average molecular weight is 344 g/mol. The minimum Gasteiger partial charge on any atom is -0.480 e. The standard InChI is InChI=1S/C10H11Cl2NO4S2/c11-8-5-7(9(12)18-8)19(16,17)13-4-2-1-3-6(13)10(14)15/h5-6H,1-4H2,(H,14,15)/t6-/m1/s1. The van der Waals surface area contributed by atoms with Crippen molar-refractivity contribution in [2.75, 3.05) is 6.54 Å². The number of halogens is 2. The summed E-state index contributed by atoms with van der Waals surface area (Å²) >= 11 is 12.5. The molecule has 0 aromatic carbocycles. The van der Waals surface area contributed by atoms with Crippen LogP contribution in [0.15, 0.2) is 11.0 Å². The number of carboxylic acids is 1. The minimum absolute atomic E-state index is 0.0553. The number of sulfonamides is 1. The second-order valence-corrected chi connectivity index (χ2v) is 8.30. The number of carbonyl (C=O) groups is 1. The Balaban J connectivity index is 2.43. The van der Waals surface area contributed by atoms with Crippen molar-refractivity contribution in [3.8, 4) is 0 Å². The van der Waals surface area contributed by atoms with Gasteiger partial charge in [-0.25, -0.2) is 8.42 Å². The predicted octanol–water partition coefficient (Wildman–Crippen LogP) is 2.68. The number of thiophene rings is 1. The lowest BCUT2D eigenvalue weighted by molar-refractivity contribution is -0.142. The zero-order chi connectivity index (χ0) is 14.2. The van der Waals surface area contributed by atoms with E-state index in [2.05, 4.69) is 0 Å². The molecule has 1 aliphatic heterocycles. The Morgan fingerprint density at radius 3 is 2.63 bits per heavy atom. The number of hydrogen-bond acceptors (Lipinski definition) is 4. The monoisotopic (exact) mass is 343 g/mol. The van der Waals surface area contributed by atoms with Gasteiger partial charge in [0.25, 0.3) is 0 Å². The molecule has 1 fully saturated rings. The molecule has 1 aromatic heterocycles. The van der Waals surface area contributed by atoms with Gasteiger partial charge < -0.3 is 5.11 Å². The quantitative estimate of drug-likeness (QED) is 0.915. The second-order valence-electron chi connectivity index (χ2n) is 4.15. The molecule has 0 unspecified atom stereocenters. The lowest BCUT2D eigenvalue weighted by Crippen LogP contribution is -2.47. The number of rotatable bonds is 3. The SMILES string of the molecule is O=C(O)[C@H]1CCCCN1S(=O)(=O)c1cc(Cl)sc1Cl. The molecule has 0 radical (unpaired) electrons. The van der Waals surface area contributed by atoms with E-state index >= 15 is 0 Å². The molecule has 2 rings (SSSR count). The highest BCUT2D eigenvalue weighted by Crippen LogP contribution is 2.37. The predicted molar refractivity (Wildman–Crippen MR) is 73.5 cm³/mol. The molecule has 1 aliphatic rings. The molecule has 2 heterocycles. The molecule has 1 N–H and O–H groups in total. The Morgan fingerprint density at radius 2 is 2.11 bits per heavy atom. The van der Waals surface area contributed by atoms with Crippen LogP contribution in [0.4, 0.5) is 0 Å². The summed E-state index contributed by atoms with van der Waals surface area (Å²) in [7, 11) is -3.92. The minimum atomic E-state index is -3.92. The van der Waals surface area contributed by atoms with E-state index in [1.54, 1.807) is 0 Å². The van der Waals surface area contributed by atoms with Crippen LogP contribution in [0.3, 0.4) is 0 Å². The van der Waals surface area contributed by atoms with Crippen molar-refractivity contribution in [2.24, 2.45) is 0 Å². The Morgan fingerprint density at radius 1 is 1.42 bits per heavy atom. The lowest BCUT2D eigenvalue weighted by Gasteiger charge is -2.31. The van der Waals surface area contributed by atoms with Crippen molar-refractivity contribution in [1.82, 2.24) is 4.31 Å². The summed E-state index contributed by atoms with van der Waals surface area (Å²) in [5, 5.41) is 9.13. The van der Waals surface area contributed by atoms with Crippen LogP contribution in [0.1, 0.15) is 19.3 Å². The molecular weight excluding hydrogens is 333 g/mol. The number of aliphatic carboxylic acids is 1. The van der Waals surface area contributed by atoms with E-state index in [9.17, 15) is 13.2 Å². The van der Waals surface area contributed by atoms with Gasteiger partial charge in [-0.1, -0.05) is 23.2 Å². The highest BCUT2D eigenvalue weighted by atomic mass is 35.5. The fraction of sp³-hybridized carbons (Fsp3) is 0.500. The third kappa shape index (κ3) is 2.90. The maximum atomic E-state index is 12.5. The van der Waals surface area contributed by atoms with Crippen molar-refractivity contribution >= 4 is 50.5 Å². The van der Waals surface area contributed by atoms with Crippen LogP contribution in [-0.4, -0.2) is 36.4 Å². The molecule has 0 bridgehead atoms. The number of carboxylic acid groups (broad SMARTS) is 1. The fourth-order valence-corrected chi connectivity index (χ4v) is 5.83. The molecule has 5 nitrogen and oxygen atoms in total. The van der Waals surface area contributed by atoms with Crippen LogP contribution in [0.2, 0.25) is 8.67 Å². The topological polar surface area (TPSA) is 74.7 Å². The molecule has 0 saturated carbocycles. The molecule has 0 aliphatic carbocycles. The fourth-order valence-electron chi connectivity index (χ4n) is 2.07. The van der Waals surface area contributed by atoms with Gasteiger partial charge in [0.1, 0.15) is 15.3 Å². The summed E-state index contributed by atoms with van der Waals surface area (Å²) in [5.74, 6) is -1.14. The number of piperidine rings is 1. The highest BCUT2D eigenvalue weighted by molar-refractivity contribution is 7.89. The van der Waals surface area contributed by atoms with Gasteiger partial charge in [0.15, 0.2) is 0 Å². The first-order chi connectivity index (χ1) is 8.84. The van der Waals surface area contributed by atoms with Gasteiger partial charge in [0.2, 0.25) is 10.0 Å². The molecule has 1 saturated heterocycles. The summed E-state index contributed by atoms with van der Waals surface area (Å²) in [6.07, 6.45) is 1.64. The third-order valence-corrected chi connectivity index (χ3v) is 6.61. The maximum absolute atomic E-state index is 12.5. The lowest BCUT2D eigenvalue weighted by atomic mass is 10.1. The molecule has 19 heavy (non-hydrogen) atoms. The first-order valence-corrected chi connectivity index (χ1v) is 8.55. The van der Waals surface area contributed by atoms with E-state index in [4.69, 9.17) is 28.3 Å². The van der Waals surface area contributed by atoms with Crippen LogP contribution in [0.25, 0.3) is 0 Å². The van der Waals surface area contributed by atoms with Crippen LogP contribution in [0, 0.1) is 0 Å². The van der Waals surface area contributed by atoms with Crippen LogP contribution >= 0.6 is 34.5 Å². The van der Waals surface area contributed by atoms with Gasteiger partial charge in [0.05, 0.1) is 4.34 Å². The first kappa shape index (κ1) is 15.1.